The Labute approximate surface area is 133 Å². The largest absolute Gasteiger partial charge is 0.326 e. The van der Waals surface area contributed by atoms with Gasteiger partial charge in [-0.15, -0.1) is 23.1 Å². The molecule has 0 amide bonds. The summed E-state index contributed by atoms with van der Waals surface area (Å²) in [4.78, 5) is 1.35. The van der Waals surface area contributed by atoms with Gasteiger partial charge in [-0.2, -0.15) is 0 Å². The van der Waals surface area contributed by atoms with Crippen LogP contribution < -0.4 is 5.73 Å². The third kappa shape index (κ3) is 3.81. The van der Waals surface area contributed by atoms with Crippen molar-refractivity contribution in [3.8, 4) is 0 Å². The van der Waals surface area contributed by atoms with Gasteiger partial charge in [-0.25, -0.2) is 8.78 Å². The zero-order valence-corrected chi connectivity index (χ0v) is 14.0. The van der Waals surface area contributed by atoms with Crippen LogP contribution in [0.2, 0.25) is 0 Å². The molecule has 0 spiro atoms. The Hall–Kier alpha value is -0.430. The summed E-state index contributed by atoms with van der Waals surface area (Å²) in [5.41, 5.74) is 6.15. The number of benzene rings is 1. The van der Waals surface area contributed by atoms with Crippen LogP contribution >= 0.6 is 39.0 Å². The topological polar surface area (TPSA) is 26.0 Å². The van der Waals surface area contributed by atoms with Gasteiger partial charge in [-0.05, 0) is 52.7 Å². The van der Waals surface area contributed by atoms with E-state index in [9.17, 15) is 8.78 Å². The van der Waals surface area contributed by atoms with Crippen LogP contribution in [-0.2, 0) is 0 Å². The molecule has 20 heavy (non-hydrogen) atoms. The second kappa shape index (κ2) is 7.02. The van der Waals surface area contributed by atoms with Gasteiger partial charge < -0.3 is 5.73 Å². The van der Waals surface area contributed by atoms with Crippen LogP contribution in [0.1, 0.15) is 23.5 Å². The highest BCUT2D eigenvalue weighted by Gasteiger charge is 2.23. The number of hydrogen-bond donors (Lipinski definition) is 1. The molecule has 0 saturated carbocycles. The number of hydrogen-bond acceptors (Lipinski definition) is 3. The molecule has 108 valence electrons. The van der Waals surface area contributed by atoms with Crippen molar-refractivity contribution in [1.82, 2.24) is 0 Å². The molecule has 0 aliphatic rings. The van der Waals surface area contributed by atoms with Gasteiger partial charge >= 0.3 is 0 Å². The Morgan fingerprint density at radius 3 is 2.65 bits per heavy atom. The van der Waals surface area contributed by atoms with Gasteiger partial charge in [-0.1, -0.05) is 6.92 Å². The van der Waals surface area contributed by atoms with E-state index in [-0.39, 0.29) is 11.3 Å². The van der Waals surface area contributed by atoms with Crippen LogP contribution in [0.25, 0.3) is 0 Å². The predicted octanol–water partition coefficient (Wildman–Crippen LogP) is 5.36. The standard InChI is InChI=1S/C14H14BrF2NS2/c1-2-10(18)14(11-5-6-13(15)19-11)20-12-7-8(16)3-4-9(12)17/h3-7,10,14H,2,18H2,1H3. The highest BCUT2D eigenvalue weighted by molar-refractivity contribution is 9.11. The minimum atomic E-state index is -0.440. The summed E-state index contributed by atoms with van der Waals surface area (Å²) in [5, 5.41) is -0.0902. The summed E-state index contributed by atoms with van der Waals surface area (Å²) in [7, 11) is 0. The Bertz CT molecular complexity index is 588. The molecule has 0 aliphatic heterocycles. The molecule has 6 heteroatoms. The molecule has 2 rings (SSSR count). The van der Waals surface area contributed by atoms with Gasteiger partial charge in [0, 0.05) is 15.8 Å². The number of rotatable bonds is 5. The summed E-state index contributed by atoms with van der Waals surface area (Å²) < 4.78 is 28.1. The van der Waals surface area contributed by atoms with E-state index in [0.29, 0.717) is 4.90 Å². The first-order valence-corrected chi connectivity index (χ1v) is 8.62. The second-order valence-electron chi connectivity index (χ2n) is 4.33. The third-order valence-electron chi connectivity index (χ3n) is 2.88. The SMILES string of the molecule is CCC(N)C(Sc1cc(F)ccc1F)c1ccc(Br)s1. The van der Waals surface area contributed by atoms with Crippen LogP contribution in [0.3, 0.4) is 0 Å². The van der Waals surface area contributed by atoms with Gasteiger partial charge in [0.15, 0.2) is 0 Å². The van der Waals surface area contributed by atoms with Crippen LogP contribution in [0.4, 0.5) is 8.78 Å². The maximum atomic E-state index is 13.8. The lowest BCUT2D eigenvalue weighted by Gasteiger charge is -2.21. The highest BCUT2D eigenvalue weighted by Crippen LogP contribution is 2.42. The molecule has 0 saturated heterocycles. The maximum Gasteiger partial charge on any atom is 0.136 e. The van der Waals surface area contributed by atoms with Crippen LogP contribution in [0.5, 0.6) is 0 Å². The number of thiophene rings is 1. The van der Waals surface area contributed by atoms with Gasteiger partial charge in [0.1, 0.15) is 11.6 Å². The van der Waals surface area contributed by atoms with Crippen molar-refractivity contribution >= 4 is 39.0 Å². The van der Waals surface area contributed by atoms with E-state index >= 15 is 0 Å². The predicted molar refractivity (Wildman–Crippen MR) is 85.2 cm³/mol. The van der Waals surface area contributed by atoms with Crippen molar-refractivity contribution in [2.45, 2.75) is 29.5 Å². The fraction of sp³-hybridized carbons (Fsp3) is 0.286. The molecule has 2 unspecified atom stereocenters. The molecule has 2 atom stereocenters. The quantitative estimate of drug-likeness (QED) is 0.709. The Morgan fingerprint density at radius 1 is 1.30 bits per heavy atom. The Kier molecular flexibility index (Phi) is 5.60. The normalized spacial score (nSPS) is 14.2. The molecule has 2 N–H and O–H groups in total. The minimum Gasteiger partial charge on any atom is -0.326 e. The van der Waals surface area contributed by atoms with Gasteiger partial charge in [-0.3, -0.25) is 0 Å². The van der Waals surface area contributed by atoms with E-state index in [1.54, 1.807) is 11.3 Å². The molecular formula is C14H14BrF2NS2. The summed E-state index contributed by atoms with van der Waals surface area (Å²) >= 11 is 6.26. The van der Waals surface area contributed by atoms with E-state index in [1.807, 2.05) is 19.1 Å². The lowest BCUT2D eigenvalue weighted by Crippen LogP contribution is -2.25. The smallest absolute Gasteiger partial charge is 0.136 e. The Morgan fingerprint density at radius 2 is 2.05 bits per heavy atom. The highest BCUT2D eigenvalue weighted by atomic mass is 79.9. The lowest BCUT2D eigenvalue weighted by molar-refractivity contribution is 0.575. The second-order valence-corrected chi connectivity index (χ2v) is 8.01. The molecule has 0 fully saturated rings. The molecular weight excluding hydrogens is 364 g/mol. The van der Waals surface area contributed by atoms with E-state index in [4.69, 9.17) is 5.73 Å². The van der Waals surface area contributed by atoms with Crippen molar-refractivity contribution in [3.05, 3.63) is 50.6 Å². The van der Waals surface area contributed by atoms with Crippen LogP contribution in [0.15, 0.2) is 39.0 Å². The van der Waals surface area contributed by atoms with E-state index in [1.165, 1.54) is 17.8 Å². The monoisotopic (exact) mass is 377 g/mol. The first-order valence-electron chi connectivity index (χ1n) is 6.13. The summed E-state index contributed by atoms with van der Waals surface area (Å²) in [6, 6.07) is 7.29. The third-order valence-corrected chi connectivity index (χ3v) is 6.16. The van der Waals surface area contributed by atoms with E-state index < -0.39 is 11.6 Å². The van der Waals surface area contributed by atoms with Crippen molar-refractivity contribution in [3.63, 3.8) is 0 Å². The first kappa shape index (κ1) is 15.9. The lowest BCUT2D eigenvalue weighted by atomic mass is 10.1. The molecule has 1 aromatic carbocycles. The maximum absolute atomic E-state index is 13.8. The van der Waals surface area contributed by atoms with E-state index in [2.05, 4.69) is 15.9 Å². The number of thioether (sulfide) groups is 1. The molecule has 2 aromatic rings. The van der Waals surface area contributed by atoms with Crippen molar-refractivity contribution in [2.24, 2.45) is 5.73 Å². The molecule has 1 nitrogen and oxygen atoms in total. The first-order chi connectivity index (χ1) is 9.51. The molecule has 0 bridgehead atoms. The molecule has 0 radical (unpaired) electrons. The summed E-state index contributed by atoms with van der Waals surface area (Å²) in [6.07, 6.45) is 0.768. The molecule has 1 aromatic heterocycles. The fourth-order valence-electron chi connectivity index (χ4n) is 1.76. The van der Waals surface area contributed by atoms with E-state index in [0.717, 1.165) is 27.2 Å². The summed E-state index contributed by atoms with van der Waals surface area (Å²) in [6.45, 7) is 1.99. The van der Waals surface area contributed by atoms with Crippen molar-refractivity contribution < 1.29 is 8.78 Å². The molecule has 1 heterocycles. The fourth-order valence-corrected chi connectivity index (χ4v) is 4.72. The number of halogens is 3. The van der Waals surface area contributed by atoms with Crippen molar-refractivity contribution in [1.29, 1.82) is 0 Å². The van der Waals surface area contributed by atoms with Gasteiger partial charge in [0.25, 0.3) is 0 Å². The minimum absolute atomic E-state index is 0.0902. The van der Waals surface area contributed by atoms with Gasteiger partial charge in [0.2, 0.25) is 0 Å². The summed E-state index contributed by atoms with van der Waals surface area (Å²) in [5.74, 6) is -0.856. The van der Waals surface area contributed by atoms with Crippen molar-refractivity contribution in [2.75, 3.05) is 0 Å². The van der Waals surface area contributed by atoms with Gasteiger partial charge in [0.05, 0.1) is 9.04 Å². The zero-order valence-electron chi connectivity index (χ0n) is 10.8. The van der Waals surface area contributed by atoms with Crippen LogP contribution in [-0.4, -0.2) is 6.04 Å². The van der Waals surface area contributed by atoms with Crippen LogP contribution in [0, 0.1) is 11.6 Å². The molecule has 0 aliphatic carbocycles. The average Bonchev–Trinajstić information content (AvgIpc) is 2.85. The average molecular weight is 378 g/mol. The number of nitrogens with two attached hydrogens (primary N) is 1. The zero-order chi connectivity index (χ0) is 14.7. The Balaban J connectivity index is 2.30.